The van der Waals surface area contributed by atoms with E-state index in [9.17, 15) is 18.0 Å². The van der Waals surface area contributed by atoms with E-state index in [1.807, 2.05) is 18.3 Å². The standard InChI is InChI=1S/C25H20ClN5O2.CH4O3S/c1-13(2)17-10-14-4-3-5-16-22(27-7-9-31(17)23(14)16)21-20(24(32)29-25(21)33)18-12-28-19-11-15(26)6-8-30(18)19;1-5(2,3)4/h3-9,11-13,17H,10H2,1-2H3,(H,29,32,33);1H3,(H,2,3,4). The molecule has 6 rings (SSSR count). The molecule has 38 heavy (non-hydrogen) atoms. The molecule has 10 nitrogen and oxygen atoms in total. The van der Waals surface area contributed by atoms with Gasteiger partial charge in [-0.05, 0) is 24.0 Å². The van der Waals surface area contributed by atoms with E-state index < -0.39 is 21.9 Å². The first kappa shape index (κ1) is 25.8. The molecule has 0 fully saturated rings. The number of imide groups is 1. The first-order valence-electron chi connectivity index (χ1n) is 11.7. The number of hydrogen-bond acceptors (Lipinski definition) is 7. The van der Waals surface area contributed by atoms with Gasteiger partial charge in [0.25, 0.3) is 21.9 Å². The van der Waals surface area contributed by atoms with Crippen LogP contribution in [0.15, 0.2) is 65.7 Å². The molecular formula is C26H24ClN5O5S. The number of benzene rings is 1. The maximum absolute atomic E-state index is 13.1. The number of aromatic nitrogens is 2. The topological polar surface area (TPSA) is 133 Å². The maximum atomic E-state index is 13.1. The fourth-order valence-electron chi connectivity index (χ4n) is 5.00. The number of fused-ring (bicyclic) bond motifs is 1. The van der Waals surface area contributed by atoms with Crippen LogP contribution in [0.1, 0.15) is 30.7 Å². The van der Waals surface area contributed by atoms with E-state index in [1.54, 1.807) is 35.1 Å². The highest BCUT2D eigenvalue weighted by Crippen LogP contribution is 2.41. The summed E-state index contributed by atoms with van der Waals surface area (Å²) in [5, 5.41) is 3.00. The molecule has 3 aliphatic heterocycles. The number of nitrogens with one attached hydrogen (secondary N) is 1. The lowest BCUT2D eigenvalue weighted by atomic mass is 9.94. The van der Waals surface area contributed by atoms with Gasteiger partial charge in [0.1, 0.15) is 5.65 Å². The Hall–Kier alpha value is -3.80. The summed E-state index contributed by atoms with van der Waals surface area (Å²) in [4.78, 5) is 37.4. The van der Waals surface area contributed by atoms with Crippen molar-refractivity contribution < 1.29 is 22.6 Å². The van der Waals surface area contributed by atoms with Crippen LogP contribution < -0.4 is 10.2 Å². The number of imidazole rings is 1. The van der Waals surface area contributed by atoms with Gasteiger partial charge in [0.2, 0.25) is 0 Å². The van der Waals surface area contributed by atoms with E-state index in [1.165, 1.54) is 5.56 Å². The molecular weight excluding hydrogens is 530 g/mol. The van der Waals surface area contributed by atoms with Gasteiger partial charge in [-0.1, -0.05) is 43.6 Å². The molecule has 1 atom stereocenters. The summed E-state index contributed by atoms with van der Waals surface area (Å²) < 4.78 is 27.6. The first-order valence-corrected chi connectivity index (χ1v) is 14.0. The number of pyridine rings is 1. The zero-order chi connectivity index (χ0) is 27.4. The minimum Gasteiger partial charge on any atom is -0.342 e. The van der Waals surface area contributed by atoms with Crippen LogP contribution in [0.25, 0.3) is 11.2 Å². The molecule has 3 aliphatic rings. The van der Waals surface area contributed by atoms with E-state index >= 15 is 0 Å². The van der Waals surface area contributed by atoms with E-state index in [4.69, 9.17) is 16.2 Å². The number of anilines is 1. The summed E-state index contributed by atoms with van der Waals surface area (Å²) in [6, 6.07) is 9.81. The van der Waals surface area contributed by atoms with Crippen LogP contribution in [0, 0.1) is 5.92 Å². The second-order valence-corrected chi connectivity index (χ2v) is 11.4. The molecule has 0 saturated carbocycles. The molecule has 0 saturated heterocycles. The molecule has 0 spiro atoms. The Morgan fingerprint density at radius 3 is 2.58 bits per heavy atom. The Morgan fingerprint density at radius 1 is 1.16 bits per heavy atom. The van der Waals surface area contributed by atoms with Crippen molar-refractivity contribution in [1.29, 1.82) is 0 Å². The molecule has 3 aromatic rings. The lowest BCUT2D eigenvalue weighted by molar-refractivity contribution is -0.123. The molecule has 12 heteroatoms. The second-order valence-electron chi connectivity index (χ2n) is 9.49. The number of halogens is 1. The first-order chi connectivity index (χ1) is 17.9. The van der Waals surface area contributed by atoms with Gasteiger partial charge in [-0.3, -0.25) is 28.9 Å². The molecule has 2 N–H and O–H groups in total. The fraction of sp³-hybridized carbons (Fsp3) is 0.231. The number of aliphatic imine (C=N–C) groups is 1. The van der Waals surface area contributed by atoms with Crippen LogP contribution in [-0.4, -0.2) is 52.2 Å². The van der Waals surface area contributed by atoms with Gasteiger partial charge in [0, 0.05) is 41.3 Å². The molecule has 5 heterocycles. The molecule has 0 radical (unpaired) electrons. The van der Waals surface area contributed by atoms with Crippen LogP contribution in [-0.2, 0) is 26.1 Å². The highest BCUT2D eigenvalue weighted by atomic mass is 35.5. The lowest BCUT2D eigenvalue weighted by Crippen LogP contribution is -2.32. The predicted octanol–water partition coefficient (Wildman–Crippen LogP) is 3.26. The van der Waals surface area contributed by atoms with Gasteiger partial charge in [0.15, 0.2) is 0 Å². The summed E-state index contributed by atoms with van der Waals surface area (Å²) in [5.41, 5.74) is 5.20. The number of carbonyl (C=O) groups is 2. The Balaban J connectivity index is 0.000000540. The van der Waals surface area contributed by atoms with Gasteiger partial charge in [-0.15, -0.1) is 0 Å². The molecule has 196 valence electrons. The average Bonchev–Trinajstić information content (AvgIpc) is 3.44. The van der Waals surface area contributed by atoms with Crippen LogP contribution >= 0.6 is 11.6 Å². The van der Waals surface area contributed by atoms with Crippen LogP contribution in [0.4, 0.5) is 5.69 Å². The number of hydrogen-bond donors (Lipinski definition) is 2. The Kier molecular flexibility index (Phi) is 6.46. The number of para-hydroxylation sites is 1. The van der Waals surface area contributed by atoms with E-state index in [0.29, 0.717) is 40.3 Å². The number of carbonyl (C=O) groups excluding carboxylic acids is 2. The maximum Gasteiger partial charge on any atom is 0.261 e. The highest BCUT2D eigenvalue weighted by molar-refractivity contribution is 7.85. The number of nitrogens with zero attached hydrogens (tertiary/aromatic N) is 4. The average molecular weight is 554 g/mol. The summed E-state index contributed by atoms with van der Waals surface area (Å²) >= 11 is 6.10. The van der Waals surface area contributed by atoms with Crippen molar-refractivity contribution in [2.45, 2.75) is 26.3 Å². The third kappa shape index (κ3) is 4.64. The molecule has 0 bridgehead atoms. The summed E-state index contributed by atoms with van der Waals surface area (Å²) in [7, 11) is -3.67. The quantitative estimate of drug-likeness (QED) is 0.375. The summed E-state index contributed by atoms with van der Waals surface area (Å²) in [6.45, 7) is 4.41. The molecule has 1 unspecified atom stereocenters. The number of amides is 2. The third-order valence-electron chi connectivity index (χ3n) is 6.52. The van der Waals surface area contributed by atoms with Crippen molar-refractivity contribution in [3.8, 4) is 0 Å². The Labute approximate surface area is 224 Å². The third-order valence-corrected chi connectivity index (χ3v) is 6.75. The fourth-order valence-corrected chi connectivity index (χ4v) is 5.15. The van der Waals surface area contributed by atoms with E-state index in [0.717, 1.165) is 17.7 Å². The highest BCUT2D eigenvalue weighted by Gasteiger charge is 2.40. The largest absolute Gasteiger partial charge is 0.342 e. The second kappa shape index (κ2) is 9.50. The molecule has 0 aliphatic carbocycles. The minimum atomic E-state index is -3.67. The lowest BCUT2D eigenvalue weighted by Gasteiger charge is -2.27. The summed E-state index contributed by atoms with van der Waals surface area (Å²) in [5.74, 6) is -0.491. The van der Waals surface area contributed by atoms with Crippen molar-refractivity contribution in [3.63, 3.8) is 0 Å². The molecule has 2 aromatic heterocycles. The van der Waals surface area contributed by atoms with Crippen molar-refractivity contribution in [1.82, 2.24) is 14.7 Å². The predicted molar refractivity (Wildman–Crippen MR) is 145 cm³/mol. The van der Waals surface area contributed by atoms with Crippen molar-refractivity contribution >= 4 is 56.2 Å². The molecule has 2 amide bonds. The van der Waals surface area contributed by atoms with Gasteiger partial charge >= 0.3 is 0 Å². The minimum absolute atomic E-state index is 0.254. The van der Waals surface area contributed by atoms with Crippen molar-refractivity contribution in [2.24, 2.45) is 10.9 Å². The monoisotopic (exact) mass is 553 g/mol. The van der Waals surface area contributed by atoms with E-state index in [2.05, 4.69) is 40.1 Å². The van der Waals surface area contributed by atoms with Gasteiger partial charge in [0.05, 0.1) is 40.7 Å². The van der Waals surface area contributed by atoms with Crippen LogP contribution in [0.2, 0.25) is 5.02 Å². The van der Waals surface area contributed by atoms with Crippen molar-refractivity contribution in [2.75, 3.05) is 11.2 Å². The Bertz CT molecular complexity index is 1700. The molecule has 1 aromatic carbocycles. The zero-order valence-electron chi connectivity index (χ0n) is 20.7. The summed E-state index contributed by atoms with van der Waals surface area (Å²) in [6.07, 6.45) is 8.65. The van der Waals surface area contributed by atoms with Crippen molar-refractivity contribution in [3.05, 3.63) is 82.5 Å². The normalized spacial score (nSPS) is 18.4. The number of rotatable bonds is 3. The zero-order valence-corrected chi connectivity index (χ0v) is 22.3. The van der Waals surface area contributed by atoms with E-state index in [-0.39, 0.29) is 11.1 Å². The van der Waals surface area contributed by atoms with Gasteiger partial charge in [-0.2, -0.15) is 8.42 Å². The SMILES string of the molecule is CC(C)C1Cc2cccc3c2N1C=CN=C3C1=C(c2cnc3cc(Cl)ccn23)C(=O)NC1=O.CS(=O)(=O)O. The van der Waals surface area contributed by atoms with Gasteiger partial charge in [-0.25, -0.2) is 4.98 Å². The Morgan fingerprint density at radius 2 is 1.87 bits per heavy atom. The van der Waals surface area contributed by atoms with Crippen LogP contribution in [0.5, 0.6) is 0 Å². The van der Waals surface area contributed by atoms with Gasteiger partial charge < -0.3 is 4.90 Å². The van der Waals surface area contributed by atoms with Crippen LogP contribution in [0.3, 0.4) is 0 Å². The smallest absolute Gasteiger partial charge is 0.261 e.